The third-order valence-electron chi connectivity index (χ3n) is 3.92. The standard InChI is InChI=1S/C20H29IO5/c1-2-3-4-5-6-10-19(23)25-15-18(14-22)26-20(24)12-11-16-8-7-9-17(21)13-16/h7-9,13,18,22H,2-6,10-12,14-15H2,1H3. The van der Waals surface area contributed by atoms with E-state index in [2.05, 4.69) is 29.5 Å². The molecule has 1 unspecified atom stereocenters. The van der Waals surface area contributed by atoms with Gasteiger partial charge in [-0.1, -0.05) is 44.7 Å². The Morgan fingerprint density at radius 2 is 1.88 bits per heavy atom. The number of halogens is 1. The van der Waals surface area contributed by atoms with Gasteiger partial charge in [0, 0.05) is 16.4 Å². The molecule has 6 heteroatoms. The second-order valence-electron chi connectivity index (χ2n) is 6.27. The van der Waals surface area contributed by atoms with Crippen LogP contribution in [0.5, 0.6) is 0 Å². The second-order valence-corrected chi connectivity index (χ2v) is 7.52. The lowest BCUT2D eigenvalue weighted by atomic mass is 10.1. The van der Waals surface area contributed by atoms with Gasteiger partial charge >= 0.3 is 11.9 Å². The molecular formula is C20H29IO5. The summed E-state index contributed by atoms with van der Waals surface area (Å²) in [5, 5.41) is 9.31. The first-order valence-electron chi connectivity index (χ1n) is 9.25. The summed E-state index contributed by atoms with van der Waals surface area (Å²) in [5.74, 6) is -0.714. The Morgan fingerprint density at radius 1 is 1.12 bits per heavy atom. The van der Waals surface area contributed by atoms with Crippen LogP contribution in [0.4, 0.5) is 0 Å². The predicted octanol–water partition coefficient (Wildman–Crippen LogP) is 4.03. The van der Waals surface area contributed by atoms with Crippen molar-refractivity contribution in [1.29, 1.82) is 0 Å². The Balaban J connectivity index is 2.22. The summed E-state index contributed by atoms with van der Waals surface area (Å²) in [7, 11) is 0. The van der Waals surface area contributed by atoms with E-state index in [-0.39, 0.29) is 25.6 Å². The lowest BCUT2D eigenvalue weighted by molar-refractivity contribution is -0.161. The maximum Gasteiger partial charge on any atom is 0.306 e. The lowest BCUT2D eigenvalue weighted by Crippen LogP contribution is -2.28. The van der Waals surface area contributed by atoms with Gasteiger partial charge in [-0.05, 0) is 53.1 Å². The molecular weight excluding hydrogens is 447 g/mol. The number of carbonyl (C=O) groups is 2. The van der Waals surface area contributed by atoms with Crippen LogP contribution in [0.25, 0.3) is 0 Å². The molecule has 0 aromatic heterocycles. The maximum absolute atomic E-state index is 11.9. The second kappa shape index (κ2) is 14.0. The normalized spacial score (nSPS) is 11.8. The Bertz CT molecular complexity index is 547. The molecule has 146 valence electrons. The van der Waals surface area contributed by atoms with E-state index in [0.717, 1.165) is 34.8 Å². The first kappa shape index (κ1) is 22.9. The molecule has 1 aromatic carbocycles. The number of ether oxygens (including phenoxy) is 2. The molecule has 0 aliphatic heterocycles. The minimum Gasteiger partial charge on any atom is -0.462 e. The highest BCUT2D eigenvalue weighted by Crippen LogP contribution is 2.11. The molecule has 0 radical (unpaired) electrons. The van der Waals surface area contributed by atoms with Crippen LogP contribution in [-0.2, 0) is 25.5 Å². The summed E-state index contributed by atoms with van der Waals surface area (Å²) in [6.45, 7) is 1.68. The molecule has 1 rings (SSSR count). The Kier molecular flexibility index (Phi) is 12.3. The number of carbonyl (C=O) groups excluding carboxylic acids is 2. The van der Waals surface area contributed by atoms with Crippen molar-refractivity contribution < 1.29 is 24.2 Å². The van der Waals surface area contributed by atoms with Gasteiger partial charge in [0.1, 0.15) is 6.61 Å². The van der Waals surface area contributed by atoms with Crippen LogP contribution >= 0.6 is 22.6 Å². The first-order chi connectivity index (χ1) is 12.5. The number of hydrogen-bond donors (Lipinski definition) is 1. The molecule has 1 N–H and O–H groups in total. The summed E-state index contributed by atoms with van der Waals surface area (Å²) >= 11 is 2.22. The van der Waals surface area contributed by atoms with Crippen molar-refractivity contribution in [2.75, 3.05) is 13.2 Å². The Labute approximate surface area is 169 Å². The van der Waals surface area contributed by atoms with Crippen molar-refractivity contribution in [1.82, 2.24) is 0 Å². The van der Waals surface area contributed by atoms with Gasteiger partial charge in [0.05, 0.1) is 6.61 Å². The summed E-state index contributed by atoms with van der Waals surface area (Å²) in [5.41, 5.74) is 1.06. The van der Waals surface area contributed by atoms with E-state index < -0.39 is 12.1 Å². The smallest absolute Gasteiger partial charge is 0.306 e. The maximum atomic E-state index is 11.9. The van der Waals surface area contributed by atoms with E-state index in [0.29, 0.717) is 12.8 Å². The number of unbranched alkanes of at least 4 members (excludes halogenated alkanes) is 4. The highest BCUT2D eigenvalue weighted by atomic mass is 127. The van der Waals surface area contributed by atoms with E-state index in [1.165, 1.54) is 6.42 Å². The Morgan fingerprint density at radius 3 is 2.58 bits per heavy atom. The monoisotopic (exact) mass is 476 g/mol. The van der Waals surface area contributed by atoms with Gasteiger partial charge in [0.2, 0.25) is 0 Å². The van der Waals surface area contributed by atoms with E-state index >= 15 is 0 Å². The molecule has 1 atom stereocenters. The minimum atomic E-state index is -0.803. The first-order valence-corrected chi connectivity index (χ1v) is 10.3. The van der Waals surface area contributed by atoms with Gasteiger partial charge in [0.25, 0.3) is 0 Å². The molecule has 0 spiro atoms. The summed E-state index contributed by atoms with van der Waals surface area (Å²) in [6, 6.07) is 7.91. The van der Waals surface area contributed by atoms with Gasteiger partial charge in [-0.15, -0.1) is 0 Å². The number of rotatable bonds is 13. The molecule has 0 fully saturated rings. The van der Waals surface area contributed by atoms with Gasteiger partial charge in [0.15, 0.2) is 6.10 Å². The predicted molar refractivity (Wildman–Crippen MR) is 109 cm³/mol. The highest BCUT2D eigenvalue weighted by molar-refractivity contribution is 14.1. The van der Waals surface area contributed by atoms with Gasteiger partial charge in [-0.2, -0.15) is 0 Å². The van der Waals surface area contributed by atoms with Crippen molar-refractivity contribution in [3.05, 3.63) is 33.4 Å². The number of benzene rings is 1. The Hall–Kier alpha value is -1.15. The molecule has 26 heavy (non-hydrogen) atoms. The number of aliphatic hydroxyl groups excluding tert-OH is 1. The zero-order chi connectivity index (χ0) is 19.2. The molecule has 0 aliphatic carbocycles. The molecule has 0 heterocycles. The van der Waals surface area contributed by atoms with Gasteiger partial charge < -0.3 is 14.6 Å². The average molecular weight is 476 g/mol. The SMILES string of the molecule is CCCCCCCC(=O)OCC(CO)OC(=O)CCc1cccc(I)c1. The van der Waals surface area contributed by atoms with E-state index in [1.54, 1.807) is 0 Å². The van der Waals surface area contributed by atoms with E-state index in [9.17, 15) is 14.7 Å². The fourth-order valence-electron chi connectivity index (χ4n) is 2.44. The largest absolute Gasteiger partial charge is 0.462 e. The zero-order valence-electron chi connectivity index (χ0n) is 15.4. The topological polar surface area (TPSA) is 72.8 Å². The third-order valence-corrected chi connectivity index (χ3v) is 4.59. The van der Waals surface area contributed by atoms with E-state index in [1.807, 2.05) is 24.3 Å². The van der Waals surface area contributed by atoms with Crippen molar-refractivity contribution >= 4 is 34.5 Å². The fraction of sp³-hybridized carbons (Fsp3) is 0.600. The van der Waals surface area contributed by atoms with Crippen LogP contribution in [0.15, 0.2) is 24.3 Å². The molecule has 0 saturated carbocycles. The minimum absolute atomic E-state index is 0.0979. The van der Waals surface area contributed by atoms with Crippen molar-refractivity contribution in [3.8, 4) is 0 Å². The number of aryl methyl sites for hydroxylation is 1. The van der Waals surface area contributed by atoms with Gasteiger partial charge in [-0.25, -0.2) is 0 Å². The number of esters is 2. The number of aliphatic hydroxyl groups is 1. The molecule has 0 aliphatic rings. The summed E-state index contributed by atoms with van der Waals surface area (Å²) in [4.78, 5) is 23.6. The van der Waals surface area contributed by atoms with Gasteiger partial charge in [-0.3, -0.25) is 9.59 Å². The molecule has 0 saturated heterocycles. The molecule has 1 aromatic rings. The third kappa shape index (κ3) is 10.8. The van der Waals surface area contributed by atoms with Crippen LogP contribution in [0, 0.1) is 3.57 Å². The van der Waals surface area contributed by atoms with Crippen LogP contribution in [0.2, 0.25) is 0 Å². The quantitative estimate of drug-likeness (QED) is 0.265. The summed E-state index contributed by atoms with van der Waals surface area (Å²) < 4.78 is 11.4. The van der Waals surface area contributed by atoms with E-state index in [4.69, 9.17) is 9.47 Å². The fourth-order valence-corrected chi connectivity index (χ4v) is 3.05. The van der Waals surface area contributed by atoms with Crippen LogP contribution in [0.1, 0.15) is 57.4 Å². The van der Waals surface area contributed by atoms with Crippen LogP contribution in [-0.4, -0.2) is 36.4 Å². The average Bonchev–Trinajstić information content (AvgIpc) is 2.63. The molecule has 0 bridgehead atoms. The lowest BCUT2D eigenvalue weighted by Gasteiger charge is -2.15. The molecule has 5 nitrogen and oxygen atoms in total. The van der Waals surface area contributed by atoms with Crippen molar-refractivity contribution in [2.24, 2.45) is 0 Å². The van der Waals surface area contributed by atoms with Crippen molar-refractivity contribution in [2.45, 2.75) is 64.4 Å². The number of hydrogen-bond acceptors (Lipinski definition) is 5. The van der Waals surface area contributed by atoms with Crippen molar-refractivity contribution in [3.63, 3.8) is 0 Å². The summed E-state index contributed by atoms with van der Waals surface area (Å²) in [6.07, 6.45) is 5.65. The highest BCUT2D eigenvalue weighted by Gasteiger charge is 2.16. The van der Waals surface area contributed by atoms with Crippen LogP contribution in [0.3, 0.4) is 0 Å². The van der Waals surface area contributed by atoms with Crippen LogP contribution < -0.4 is 0 Å². The zero-order valence-corrected chi connectivity index (χ0v) is 17.6. The molecule has 0 amide bonds.